The molecule has 0 aliphatic heterocycles. The van der Waals surface area contributed by atoms with Gasteiger partial charge >= 0.3 is 0 Å². The van der Waals surface area contributed by atoms with E-state index < -0.39 is 0 Å². The van der Waals surface area contributed by atoms with E-state index in [0.29, 0.717) is 31.2 Å². The minimum atomic E-state index is -0.261. The lowest BCUT2D eigenvalue weighted by Gasteiger charge is -2.08. The Hall–Kier alpha value is -3.61. The Morgan fingerprint density at radius 3 is 2.79 bits per heavy atom. The van der Waals surface area contributed by atoms with Gasteiger partial charge in [0.15, 0.2) is 0 Å². The summed E-state index contributed by atoms with van der Waals surface area (Å²) in [5.74, 6) is 1.11. The van der Waals surface area contributed by atoms with Crippen LogP contribution in [0.4, 0.5) is 0 Å². The van der Waals surface area contributed by atoms with E-state index in [1.807, 2.05) is 31.2 Å². The molecular weight excluding hydrogens is 358 g/mol. The van der Waals surface area contributed by atoms with Crippen LogP contribution in [-0.4, -0.2) is 28.6 Å². The molecule has 3 rings (SSSR count). The third-order valence-electron chi connectivity index (χ3n) is 3.93. The average molecular weight is 379 g/mol. The van der Waals surface area contributed by atoms with E-state index in [2.05, 4.69) is 10.3 Å². The molecule has 0 aliphatic carbocycles. The predicted molar refractivity (Wildman–Crippen MR) is 106 cm³/mol. The zero-order valence-electron chi connectivity index (χ0n) is 15.5. The molecule has 0 atom stereocenters. The lowest BCUT2D eigenvalue weighted by Crippen LogP contribution is -2.29. The van der Waals surface area contributed by atoms with E-state index in [4.69, 9.17) is 9.15 Å². The molecule has 0 fully saturated rings. The maximum absolute atomic E-state index is 12.3. The molecule has 1 N–H and O–H groups in total. The fraction of sp³-hybridized carbons (Fsp3) is 0.190. The second-order valence-electron chi connectivity index (χ2n) is 5.90. The van der Waals surface area contributed by atoms with Crippen LogP contribution in [0, 0.1) is 0 Å². The Bertz CT molecular complexity index is 989. The van der Waals surface area contributed by atoms with Crippen molar-refractivity contribution in [1.29, 1.82) is 0 Å². The number of ether oxygens (including phenoxy) is 1. The van der Waals surface area contributed by atoms with Crippen LogP contribution in [0.3, 0.4) is 0 Å². The normalized spacial score (nSPS) is 10.9. The average Bonchev–Trinajstić information content (AvgIpc) is 3.22. The van der Waals surface area contributed by atoms with Gasteiger partial charge in [-0.15, -0.1) is 0 Å². The first-order valence-electron chi connectivity index (χ1n) is 8.95. The molecule has 28 heavy (non-hydrogen) atoms. The van der Waals surface area contributed by atoms with E-state index in [-0.39, 0.29) is 11.5 Å². The van der Waals surface area contributed by atoms with E-state index in [9.17, 15) is 9.59 Å². The van der Waals surface area contributed by atoms with Crippen LogP contribution in [-0.2, 0) is 11.3 Å². The van der Waals surface area contributed by atoms with Gasteiger partial charge in [0.05, 0.1) is 24.9 Å². The van der Waals surface area contributed by atoms with Crippen molar-refractivity contribution in [3.05, 3.63) is 77.2 Å². The highest BCUT2D eigenvalue weighted by Gasteiger charge is 2.04. The molecule has 0 radical (unpaired) electrons. The highest BCUT2D eigenvalue weighted by Crippen LogP contribution is 2.19. The van der Waals surface area contributed by atoms with Crippen molar-refractivity contribution >= 4 is 12.0 Å². The van der Waals surface area contributed by atoms with Gasteiger partial charge in [-0.3, -0.25) is 14.2 Å². The summed E-state index contributed by atoms with van der Waals surface area (Å²) in [6, 6.07) is 12.4. The molecule has 2 aromatic heterocycles. The summed E-state index contributed by atoms with van der Waals surface area (Å²) in [5.41, 5.74) is 1.25. The van der Waals surface area contributed by atoms with Gasteiger partial charge in [0.25, 0.3) is 5.56 Å². The van der Waals surface area contributed by atoms with Crippen molar-refractivity contribution in [2.75, 3.05) is 13.2 Å². The highest BCUT2D eigenvalue weighted by molar-refractivity contribution is 5.91. The Labute approximate surface area is 162 Å². The number of carbonyl (C=O) groups excluding carboxylic acids is 1. The highest BCUT2D eigenvalue weighted by atomic mass is 16.5. The molecule has 144 valence electrons. The number of benzene rings is 1. The summed E-state index contributed by atoms with van der Waals surface area (Å²) in [4.78, 5) is 28.4. The van der Waals surface area contributed by atoms with E-state index in [1.165, 1.54) is 29.3 Å². The van der Waals surface area contributed by atoms with Crippen LogP contribution in [0.5, 0.6) is 5.75 Å². The number of nitrogens with one attached hydrogen (secondary N) is 1. The van der Waals surface area contributed by atoms with Gasteiger partial charge in [-0.1, -0.05) is 0 Å². The molecule has 0 saturated carbocycles. The fourth-order valence-electron chi connectivity index (χ4n) is 2.54. The summed E-state index contributed by atoms with van der Waals surface area (Å²) < 4.78 is 12.0. The van der Waals surface area contributed by atoms with Crippen LogP contribution in [0.1, 0.15) is 12.7 Å². The molecular formula is C21H21N3O4. The standard InChI is InChI=1S/C21H21N3O4/c1-2-27-18-7-5-16(6-8-18)19-14-21(26)24(15-23-19)12-11-22-20(25)10-9-17-4-3-13-28-17/h3-10,13-15H,2,11-12H2,1H3,(H,22,25)/b10-9+. The molecule has 1 aromatic carbocycles. The van der Waals surface area contributed by atoms with Crippen LogP contribution in [0.2, 0.25) is 0 Å². The molecule has 0 spiro atoms. The molecule has 1 amide bonds. The minimum Gasteiger partial charge on any atom is -0.494 e. The smallest absolute Gasteiger partial charge is 0.253 e. The van der Waals surface area contributed by atoms with Gasteiger partial charge in [-0.2, -0.15) is 0 Å². The van der Waals surface area contributed by atoms with Crippen molar-refractivity contribution in [2.45, 2.75) is 13.5 Å². The first-order chi connectivity index (χ1) is 13.7. The number of carbonyl (C=O) groups is 1. The van der Waals surface area contributed by atoms with Crippen LogP contribution in [0.15, 0.2) is 70.3 Å². The van der Waals surface area contributed by atoms with Crippen LogP contribution < -0.4 is 15.6 Å². The first-order valence-corrected chi connectivity index (χ1v) is 8.95. The SMILES string of the molecule is CCOc1ccc(-c2cc(=O)n(CCNC(=O)/C=C/c3ccco3)cn2)cc1. The van der Waals surface area contributed by atoms with Crippen LogP contribution >= 0.6 is 0 Å². The van der Waals surface area contributed by atoms with Crippen molar-refractivity contribution in [2.24, 2.45) is 0 Å². The number of amides is 1. The number of hydrogen-bond donors (Lipinski definition) is 1. The van der Waals surface area contributed by atoms with E-state index in [0.717, 1.165) is 11.3 Å². The zero-order chi connectivity index (χ0) is 19.8. The molecule has 0 bridgehead atoms. The molecule has 0 aliphatic rings. The molecule has 0 unspecified atom stereocenters. The third kappa shape index (κ3) is 5.20. The Morgan fingerprint density at radius 2 is 2.11 bits per heavy atom. The van der Waals surface area contributed by atoms with Crippen LogP contribution in [0.25, 0.3) is 17.3 Å². The third-order valence-corrected chi connectivity index (χ3v) is 3.93. The van der Waals surface area contributed by atoms with Gasteiger partial charge in [0.2, 0.25) is 5.91 Å². The maximum atomic E-state index is 12.3. The number of aromatic nitrogens is 2. The lowest BCUT2D eigenvalue weighted by molar-refractivity contribution is -0.116. The van der Waals surface area contributed by atoms with Crippen molar-refractivity contribution in [3.63, 3.8) is 0 Å². The second kappa shape index (κ2) is 9.36. The number of furan rings is 1. The van der Waals surface area contributed by atoms with Gasteiger partial charge in [-0.25, -0.2) is 4.98 Å². The largest absolute Gasteiger partial charge is 0.494 e. The number of hydrogen-bond acceptors (Lipinski definition) is 5. The molecule has 7 nitrogen and oxygen atoms in total. The zero-order valence-corrected chi connectivity index (χ0v) is 15.5. The maximum Gasteiger partial charge on any atom is 0.253 e. The lowest BCUT2D eigenvalue weighted by atomic mass is 10.1. The van der Waals surface area contributed by atoms with E-state index in [1.54, 1.807) is 18.2 Å². The van der Waals surface area contributed by atoms with E-state index >= 15 is 0 Å². The van der Waals surface area contributed by atoms with Gasteiger partial charge in [0.1, 0.15) is 11.5 Å². The summed E-state index contributed by atoms with van der Waals surface area (Å²) in [6.07, 6.45) is 5.98. The summed E-state index contributed by atoms with van der Waals surface area (Å²) in [7, 11) is 0. The molecule has 0 saturated heterocycles. The van der Waals surface area contributed by atoms with Gasteiger partial charge in [0, 0.05) is 30.8 Å². The Balaban J connectivity index is 1.55. The summed E-state index contributed by atoms with van der Waals surface area (Å²) in [5, 5.41) is 2.72. The van der Waals surface area contributed by atoms with Crippen molar-refractivity contribution in [3.8, 4) is 17.0 Å². The van der Waals surface area contributed by atoms with Gasteiger partial charge < -0.3 is 14.5 Å². The topological polar surface area (TPSA) is 86.4 Å². The predicted octanol–water partition coefficient (Wildman–Crippen LogP) is 2.73. The molecule has 7 heteroatoms. The van der Waals surface area contributed by atoms with Crippen molar-refractivity contribution in [1.82, 2.24) is 14.9 Å². The second-order valence-corrected chi connectivity index (χ2v) is 5.90. The quantitative estimate of drug-likeness (QED) is 0.608. The number of nitrogens with zero attached hydrogens (tertiary/aromatic N) is 2. The monoisotopic (exact) mass is 379 g/mol. The molecule has 2 heterocycles. The first kappa shape index (κ1) is 19.2. The summed E-state index contributed by atoms with van der Waals surface area (Å²) in [6.45, 7) is 3.16. The van der Waals surface area contributed by atoms with Crippen molar-refractivity contribution < 1.29 is 13.9 Å². The summed E-state index contributed by atoms with van der Waals surface area (Å²) >= 11 is 0. The molecule has 3 aromatic rings. The minimum absolute atomic E-state index is 0.181. The fourth-order valence-corrected chi connectivity index (χ4v) is 2.54. The Morgan fingerprint density at radius 1 is 1.29 bits per heavy atom. The Kier molecular flexibility index (Phi) is 6.41. The van der Waals surface area contributed by atoms with Gasteiger partial charge in [-0.05, 0) is 49.4 Å². The number of rotatable bonds is 8.